The molecule has 2 aliphatic rings. The van der Waals surface area contributed by atoms with Gasteiger partial charge in [0.1, 0.15) is 0 Å². The van der Waals surface area contributed by atoms with Crippen LogP contribution in [0.1, 0.15) is 50.6 Å². The molecule has 140 valence electrons. The molecular formula is C21H28N2OS2. The van der Waals surface area contributed by atoms with Crippen molar-refractivity contribution in [2.75, 3.05) is 12.3 Å². The van der Waals surface area contributed by atoms with Gasteiger partial charge in [0, 0.05) is 17.1 Å². The number of allylic oxidation sites excluding steroid dienone is 5. The average Bonchev–Trinajstić information content (AvgIpc) is 3.09. The second-order valence-corrected chi connectivity index (χ2v) is 8.23. The molecule has 0 N–H and O–H groups in total. The summed E-state index contributed by atoms with van der Waals surface area (Å²) < 4.78 is 1.00. The molecule has 1 aromatic rings. The first-order valence-corrected chi connectivity index (χ1v) is 11.1. The van der Waals surface area contributed by atoms with Crippen LogP contribution in [0, 0.1) is 0 Å². The predicted octanol–water partition coefficient (Wildman–Crippen LogP) is 5.86. The van der Waals surface area contributed by atoms with Crippen LogP contribution in [0.5, 0.6) is 0 Å². The van der Waals surface area contributed by atoms with E-state index in [0.717, 1.165) is 48.0 Å². The molecule has 0 atom stereocenters. The van der Waals surface area contributed by atoms with Crippen molar-refractivity contribution in [3.8, 4) is 0 Å². The van der Waals surface area contributed by atoms with Crippen LogP contribution in [0.3, 0.4) is 0 Å². The molecule has 0 fully saturated rings. The number of carbonyl (C=O) groups is 1. The molecular weight excluding hydrogens is 360 g/mol. The van der Waals surface area contributed by atoms with E-state index in [2.05, 4.69) is 30.6 Å². The van der Waals surface area contributed by atoms with Gasteiger partial charge < -0.3 is 4.90 Å². The second-order valence-electron chi connectivity index (χ2n) is 5.93. The maximum Gasteiger partial charge on any atom is 0.237 e. The average molecular weight is 389 g/mol. The first kappa shape index (κ1) is 20.7. The van der Waals surface area contributed by atoms with Crippen LogP contribution in [-0.2, 0) is 11.2 Å². The highest BCUT2D eigenvalue weighted by Crippen LogP contribution is 2.32. The molecule has 0 radical (unpaired) electrons. The Kier molecular flexibility index (Phi) is 8.39. The molecule has 1 aliphatic carbocycles. The molecule has 0 saturated carbocycles. The zero-order valence-corrected chi connectivity index (χ0v) is 17.6. The van der Waals surface area contributed by atoms with Gasteiger partial charge in [0.15, 0.2) is 4.34 Å². The lowest BCUT2D eigenvalue weighted by molar-refractivity contribution is -0.126. The Balaban J connectivity index is 0.00000117. The summed E-state index contributed by atoms with van der Waals surface area (Å²) in [6, 6.07) is 0. The summed E-state index contributed by atoms with van der Waals surface area (Å²) in [5.41, 5.74) is 3.39. The molecule has 0 saturated heterocycles. The minimum atomic E-state index is 0.159. The normalized spacial score (nSPS) is 16.3. The zero-order chi connectivity index (χ0) is 18.9. The summed E-state index contributed by atoms with van der Waals surface area (Å²) in [6.07, 6.45) is 14.2. The van der Waals surface area contributed by atoms with Crippen LogP contribution >= 0.6 is 23.1 Å². The summed E-state index contributed by atoms with van der Waals surface area (Å²) in [7, 11) is 0. The number of aryl methyl sites for hydroxylation is 1. The lowest BCUT2D eigenvalue weighted by atomic mass is 10.0. The fourth-order valence-corrected chi connectivity index (χ4v) is 5.03. The van der Waals surface area contributed by atoms with Crippen molar-refractivity contribution in [2.45, 2.75) is 50.8 Å². The van der Waals surface area contributed by atoms with E-state index in [-0.39, 0.29) is 5.91 Å². The van der Waals surface area contributed by atoms with Crippen LogP contribution < -0.4 is 0 Å². The number of hydrogen-bond acceptors (Lipinski definition) is 4. The lowest BCUT2D eigenvalue weighted by Gasteiger charge is -2.29. The molecule has 1 aromatic heterocycles. The smallest absolute Gasteiger partial charge is 0.237 e. The van der Waals surface area contributed by atoms with Gasteiger partial charge in [-0.3, -0.25) is 4.79 Å². The predicted molar refractivity (Wildman–Crippen MR) is 115 cm³/mol. The van der Waals surface area contributed by atoms with Crippen LogP contribution in [0.2, 0.25) is 0 Å². The molecule has 1 aliphatic heterocycles. The summed E-state index contributed by atoms with van der Waals surface area (Å²) in [4.78, 5) is 20.6. The highest BCUT2D eigenvalue weighted by molar-refractivity contribution is 8.01. The van der Waals surface area contributed by atoms with Gasteiger partial charge >= 0.3 is 0 Å². The van der Waals surface area contributed by atoms with E-state index in [1.807, 2.05) is 30.9 Å². The van der Waals surface area contributed by atoms with Gasteiger partial charge in [-0.2, -0.15) is 0 Å². The van der Waals surface area contributed by atoms with Gasteiger partial charge in [0.2, 0.25) is 5.91 Å². The topological polar surface area (TPSA) is 33.2 Å². The van der Waals surface area contributed by atoms with E-state index >= 15 is 0 Å². The second kappa shape index (κ2) is 10.5. The van der Waals surface area contributed by atoms with Crippen molar-refractivity contribution >= 4 is 35.1 Å². The summed E-state index contributed by atoms with van der Waals surface area (Å²) >= 11 is 3.29. The number of fused-ring (bicyclic) bond motifs is 1. The third kappa shape index (κ3) is 5.21. The van der Waals surface area contributed by atoms with Crippen LogP contribution in [0.4, 0.5) is 0 Å². The monoisotopic (exact) mass is 388 g/mol. The van der Waals surface area contributed by atoms with Gasteiger partial charge in [0.05, 0.1) is 11.4 Å². The zero-order valence-electron chi connectivity index (χ0n) is 16.0. The number of amides is 1. The molecule has 0 bridgehead atoms. The lowest BCUT2D eigenvalue weighted by Crippen LogP contribution is -2.35. The molecule has 0 spiro atoms. The number of nitrogens with zero attached hydrogens (tertiary/aromatic N) is 2. The van der Waals surface area contributed by atoms with Crippen LogP contribution in [0.15, 0.2) is 46.5 Å². The van der Waals surface area contributed by atoms with E-state index in [0.29, 0.717) is 5.75 Å². The van der Waals surface area contributed by atoms with Crippen molar-refractivity contribution in [3.63, 3.8) is 0 Å². The quantitative estimate of drug-likeness (QED) is 0.468. The Morgan fingerprint density at radius 1 is 1.42 bits per heavy atom. The van der Waals surface area contributed by atoms with Gasteiger partial charge in [-0.1, -0.05) is 50.4 Å². The highest BCUT2D eigenvalue weighted by atomic mass is 32.2. The first-order valence-electron chi connectivity index (χ1n) is 9.27. The van der Waals surface area contributed by atoms with Gasteiger partial charge in [-0.15, -0.1) is 11.3 Å². The molecule has 5 heteroatoms. The van der Waals surface area contributed by atoms with E-state index < -0.39 is 0 Å². The van der Waals surface area contributed by atoms with E-state index in [4.69, 9.17) is 0 Å². The number of hydrogen-bond donors (Lipinski definition) is 0. The Bertz CT molecular complexity index is 728. The molecule has 0 unspecified atom stereocenters. The highest BCUT2D eigenvalue weighted by Gasteiger charge is 2.22. The maximum absolute atomic E-state index is 12.7. The maximum atomic E-state index is 12.7. The van der Waals surface area contributed by atoms with Crippen molar-refractivity contribution in [1.82, 2.24) is 9.88 Å². The standard InChI is InChI=1S/C19H22N2OS2.C2H6/c1-3-4-10-16-14(2)8-7-12-21(16)18(22)13-23-19-20-15-9-5-6-11-17(15)24-19;1-2/h3-5,9-10H,1,6-8,11-13H2,2H3;1-2H3/b10-4-;. The summed E-state index contributed by atoms with van der Waals surface area (Å²) in [5, 5.41) is 0. The van der Waals surface area contributed by atoms with Crippen molar-refractivity contribution in [1.29, 1.82) is 0 Å². The van der Waals surface area contributed by atoms with E-state index in [1.54, 1.807) is 29.2 Å². The van der Waals surface area contributed by atoms with Crippen molar-refractivity contribution in [3.05, 3.63) is 52.7 Å². The van der Waals surface area contributed by atoms with Gasteiger partial charge in [-0.05, 0) is 50.3 Å². The van der Waals surface area contributed by atoms with Gasteiger partial charge in [-0.25, -0.2) is 4.98 Å². The minimum absolute atomic E-state index is 0.159. The number of carbonyl (C=O) groups excluding carboxylic acids is 1. The van der Waals surface area contributed by atoms with E-state index in [1.165, 1.54) is 10.5 Å². The van der Waals surface area contributed by atoms with Crippen molar-refractivity contribution < 1.29 is 4.79 Å². The molecule has 3 rings (SSSR count). The third-order valence-electron chi connectivity index (χ3n) is 4.19. The molecule has 3 nitrogen and oxygen atoms in total. The number of rotatable bonds is 5. The number of aromatic nitrogens is 1. The molecule has 0 aromatic carbocycles. The largest absolute Gasteiger partial charge is 0.312 e. The van der Waals surface area contributed by atoms with Crippen LogP contribution in [-0.4, -0.2) is 28.1 Å². The van der Waals surface area contributed by atoms with Gasteiger partial charge in [0.25, 0.3) is 0 Å². The first-order chi connectivity index (χ1) is 12.7. The number of thioether (sulfide) groups is 1. The Morgan fingerprint density at radius 2 is 2.23 bits per heavy atom. The Morgan fingerprint density at radius 3 is 2.96 bits per heavy atom. The summed E-state index contributed by atoms with van der Waals surface area (Å²) in [5.74, 6) is 0.598. The Labute approximate surface area is 165 Å². The fourth-order valence-electron chi connectivity index (χ4n) is 2.95. The fraction of sp³-hybridized carbons (Fsp3) is 0.429. The molecule has 26 heavy (non-hydrogen) atoms. The molecule has 2 heterocycles. The van der Waals surface area contributed by atoms with E-state index in [9.17, 15) is 4.79 Å². The number of thiazole rings is 1. The van der Waals surface area contributed by atoms with Crippen LogP contribution in [0.25, 0.3) is 6.08 Å². The Hall–Kier alpha value is -1.59. The van der Waals surface area contributed by atoms with Crippen molar-refractivity contribution in [2.24, 2.45) is 0 Å². The molecule has 1 amide bonds. The SMILES string of the molecule is C=C/C=C\C1=C(C)CCCN1C(=O)CSc1nc2c(s1)CCC=C2.CC. The third-order valence-corrected chi connectivity index (χ3v) is 6.45. The minimum Gasteiger partial charge on any atom is -0.312 e. The summed E-state index contributed by atoms with van der Waals surface area (Å²) in [6.45, 7) is 10.6.